The Balaban J connectivity index is 1.52. The molecule has 2 aromatic heterocycles. The van der Waals surface area contributed by atoms with Gasteiger partial charge in [-0.3, -0.25) is 4.79 Å². The van der Waals surface area contributed by atoms with E-state index in [0.717, 1.165) is 16.3 Å². The molecule has 0 saturated carbocycles. The van der Waals surface area contributed by atoms with Gasteiger partial charge in [0.25, 0.3) is 11.1 Å². The summed E-state index contributed by atoms with van der Waals surface area (Å²) in [7, 11) is 3.94. The molecule has 0 aliphatic carbocycles. The highest BCUT2D eigenvalue weighted by Gasteiger charge is 2.12. The first-order valence-electron chi connectivity index (χ1n) is 7.19. The third-order valence-corrected chi connectivity index (χ3v) is 4.81. The van der Waals surface area contributed by atoms with E-state index in [1.807, 2.05) is 60.8 Å². The lowest BCUT2D eigenvalue weighted by molar-refractivity contribution is -0.113. The third-order valence-electron chi connectivity index (χ3n) is 3.13. The second-order valence-electron chi connectivity index (χ2n) is 5.13. The van der Waals surface area contributed by atoms with E-state index in [0.29, 0.717) is 11.1 Å². The number of anilines is 2. The summed E-state index contributed by atoms with van der Waals surface area (Å²) >= 11 is 2.75. The number of benzene rings is 1. The summed E-state index contributed by atoms with van der Waals surface area (Å²) in [5.74, 6) is 0.572. The van der Waals surface area contributed by atoms with Crippen molar-refractivity contribution in [3.05, 3.63) is 41.8 Å². The van der Waals surface area contributed by atoms with Crippen LogP contribution in [0.2, 0.25) is 0 Å². The lowest BCUT2D eigenvalue weighted by atomic mass is 10.2. The Morgan fingerprint density at radius 2 is 2.04 bits per heavy atom. The van der Waals surface area contributed by atoms with Crippen molar-refractivity contribution >= 4 is 40.4 Å². The van der Waals surface area contributed by atoms with Crippen LogP contribution in [0.5, 0.6) is 0 Å². The summed E-state index contributed by atoms with van der Waals surface area (Å²) in [6, 6.07) is 11.5. The minimum absolute atomic E-state index is 0.117. The van der Waals surface area contributed by atoms with Gasteiger partial charge >= 0.3 is 0 Å². The molecule has 124 valence electrons. The maximum Gasteiger partial charge on any atom is 0.277 e. The molecular weight excluding hydrogens is 344 g/mol. The highest BCUT2D eigenvalue weighted by atomic mass is 32.2. The van der Waals surface area contributed by atoms with Crippen LogP contribution in [0.4, 0.5) is 11.4 Å². The lowest BCUT2D eigenvalue weighted by Gasteiger charge is -2.12. The molecule has 1 aromatic carbocycles. The van der Waals surface area contributed by atoms with Crippen molar-refractivity contribution in [3.63, 3.8) is 0 Å². The minimum Gasteiger partial charge on any atom is -0.410 e. The van der Waals surface area contributed by atoms with Gasteiger partial charge < -0.3 is 14.6 Å². The van der Waals surface area contributed by atoms with Gasteiger partial charge in [0, 0.05) is 25.5 Å². The Hall–Kier alpha value is -2.32. The second kappa shape index (κ2) is 7.50. The molecule has 0 spiro atoms. The number of nitrogens with one attached hydrogen (secondary N) is 1. The average molecular weight is 360 g/mol. The van der Waals surface area contributed by atoms with Gasteiger partial charge in [0.05, 0.1) is 10.6 Å². The van der Waals surface area contributed by atoms with Gasteiger partial charge in [-0.1, -0.05) is 17.8 Å². The summed E-state index contributed by atoms with van der Waals surface area (Å²) < 4.78 is 5.54. The highest BCUT2D eigenvalue weighted by Crippen LogP contribution is 2.26. The maximum absolute atomic E-state index is 12.0. The highest BCUT2D eigenvalue weighted by molar-refractivity contribution is 7.99. The van der Waals surface area contributed by atoms with Gasteiger partial charge in [0.15, 0.2) is 0 Å². The number of rotatable bonds is 6. The SMILES string of the molecule is CN(C)c1ccc(NC(=O)CSc2nnc(-c3cccs3)o2)cc1. The second-order valence-corrected chi connectivity index (χ2v) is 7.00. The van der Waals surface area contributed by atoms with Crippen molar-refractivity contribution in [2.45, 2.75) is 5.22 Å². The van der Waals surface area contributed by atoms with E-state index in [1.54, 1.807) is 0 Å². The molecule has 0 atom stereocenters. The van der Waals surface area contributed by atoms with E-state index < -0.39 is 0 Å². The number of hydrogen-bond acceptors (Lipinski definition) is 7. The summed E-state index contributed by atoms with van der Waals surface area (Å²) in [6.07, 6.45) is 0. The number of carbonyl (C=O) groups is 1. The summed E-state index contributed by atoms with van der Waals surface area (Å²) in [6.45, 7) is 0. The first kappa shape index (κ1) is 16.5. The summed E-state index contributed by atoms with van der Waals surface area (Å²) in [5.41, 5.74) is 1.84. The van der Waals surface area contributed by atoms with E-state index in [4.69, 9.17) is 4.42 Å². The fourth-order valence-corrected chi connectivity index (χ4v) is 3.14. The van der Waals surface area contributed by atoms with Crippen LogP contribution >= 0.6 is 23.1 Å². The standard InChI is InChI=1S/C16H16N4O2S2/c1-20(2)12-7-5-11(6-8-12)17-14(21)10-24-16-19-18-15(22-16)13-4-3-9-23-13/h3-9H,10H2,1-2H3,(H,17,21). The number of thioether (sulfide) groups is 1. The molecule has 6 nitrogen and oxygen atoms in total. The Bertz CT molecular complexity index is 798. The monoisotopic (exact) mass is 360 g/mol. The number of carbonyl (C=O) groups excluding carboxylic acids is 1. The van der Waals surface area contributed by atoms with Crippen LogP contribution < -0.4 is 10.2 Å². The van der Waals surface area contributed by atoms with Crippen molar-refractivity contribution < 1.29 is 9.21 Å². The van der Waals surface area contributed by atoms with Gasteiger partial charge in [-0.25, -0.2) is 0 Å². The average Bonchev–Trinajstić information content (AvgIpc) is 3.25. The van der Waals surface area contributed by atoms with Gasteiger partial charge in [0.1, 0.15) is 0 Å². The van der Waals surface area contributed by atoms with Crippen molar-refractivity contribution in [2.75, 3.05) is 30.1 Å². The zero-order valence-electron chi connectivity index (χ0n) is 13.2. The molecule has 3 aromatic rings. The van der Waals surface area contributed by atoms with E-state index in [1.165, 1.54) is 23.1 Å². The van der Waals surface area contributed by atoms with E-state index >= 15 is 0 Å². The molecular formula is C16H16N4O2S2. The molecule has 8 heteroatoms. The summed E-state index contributed by atoms with van der Waals surface area (Å²) in [4.78, 5) is 14.9. The van der Waals surface area contributed by atoms with Gasteiger partial charge in [0.2, 0.25) is 5.91 Å². The number of amides is 1. The van der Waals surface area contributed by atoms with E-state index in [9.17, 15) is 4.79 Å². The zero-order chi connectivity index (χ0) is 16.9. The number of hydrogen-bond donors (Lipinski definition) is 1. The number of nitrogens with zero attached hydrogens (tertiary/aromatic N) is 3. The first-order chi connectivity index (χ1) is 11.6. The Morgan fingerprint density at radius 3 is 2.71 bits per heavy atom. The van der Waals surface area contributed by atoms with Crippen LogP contribution in [-0.4, -0.2) is 36.0 Å². The summed E-state index contributed by atoms with van der Waals surface area (Å²) in [5, 5.41) is 13.1. The molecule has 3 rings (SSSR count). The molecule has 2 heterocycles. The van der Waals surface area contributed by atoms with Gasteiger partial charge in [-0.15, -0.1) is 21.5 Å². The first-order valence-corrected chi connectivity index (χ1v) is 9.06. The molecule has 0 aliphatic rings. The Labute approximate surface area is 147 Å². The largest absolute Gasteiger partial charge is 0.410 e. The van der Waals surface area contributed by atoms with Crippen LogP contribution in [-0.2, 0) is 4.79 Å². The molecule has 0 bridgehead atoms. The predicted molar refractivity (Wildman–Crippen MR) is 97.7 cm³/mol. The molecule has 0 fully saturated rings. The van der Waals surface area contributed by atoms with E-state index in [-0.39, 0.29) is 11.7 Å². The third kappa shape index (κ3) is 4.15. The van der Waals surface area contributed by atoms with Crippen LogP contribution in [0.25, 0.3) is 10.8 Å². The maximum atomic E-state index is 12.0. The number of thiophene rings is 1. The van der Waals surface area contributed by atoms with Crippen LogP contribution in [0.3, 0.4) is 0 Å². The van der Waals surface area contributed by atoms with Crippen molar-refractivity contribution in [1.82, 2.24) is 10.2 Å². The zero-order valence-corrected chi connectivity index (χ0v) is 14.9. The molecule has 0 saturated heterocycles. The van der Waals surface area contributed by atoms with E-state index in [2.05, 4.69) is 15.5 Å². The Kier molecular flexibility index (Phi) is 5.17. The van der Waals surface area contributed by atoms with Gasteiger partial charge in [-0.2, -0.15) is 0 Å². The minimum atomic E-state index is -0.117. The van der Waals surface area contributed by atoms with Crippen molar-refractivity contribution in [3.8, 4) is 10.8 Å². The fraction of sp³-hybridized carbons (Fsp3) is 0.188. The van der Waals surface area contributed by atoms with Crippen LogP contribution in [0.1, 0.15) is 0 Å². The molecule has 0 aliphatic heterocycles. The van der Waals surface area contributed by atoms with Crippen molar-refractivity contribution in [2.24, 2.45) is 0 Å². The predicted octanol–water partition coefficient (Wildman–Crippen LogP) is 3.59. The van der Waals surface area contributed by atoms with Crippen LogP contribution in [0.15, 0.2) is 51.4 Å². The molecule has 0 radical (unpaired) electrons. The molecule has 1 N–H and O–H groups in total. The molecule has 1 amide bonds. The normalized spacial score (nSPS) is 10.6. The quantitative estimate of drug-likeness (QED) is 0.677. The fourth-order valence-electron chi connectivity index (χ4n) is 1.94. The Morgan fingerprint density at radius 1 is 1.25 bits per heavy atom. The molecule has 24 heavy (non-hydrogen) atoms. The topological polar surface area (TPSA) is 71.3 Å². The lowest BCUT2D eigenvalue weighted by Crippen LogP contribution is -2.14. The van der Waals surface area contributed by atoms with Crippen LogP contribution in [0, 0.1) is 0 Å². The number of aromatic nitrogens is 2. The van der Waals surface area contributed by atoms with Crippen molar-refractivity contribution in [1.29, 1.82) is 0 Å². The molecule has 0 unspecified atom stereocenters. The van der Waals surface area contributed by atoms with Gasteiger partial charge in [-0.05, 0) is 35.7 Å². The smallest absolute Gasteiger partial charge is 0.277 e.